The lowest BCUT2D eigenvalue weighted by molar-refractivity contribution is 0.579. The molecule has 90 valence electrons. The number of sulfone groups is 1. The molecule has 0 unspecified atom stereocenters. The normalized spacial score (nSPS) is 16.9. The third kappa shape index (κ3) is 2.18. The zero-order valence-corrected chi connectivity index (χ0v) is 10.5. The van der Waals surface area contributed by atoms with Crippen LogP contribution in [0.3, 0.4) is 0 Å². The van der Waals surface area contributed by atoms with Crippen molar-refractivity contribution in [3.05, 3.63) is 23.5 Å². The van der Waals surface area contributed by atoms with Gasteiger partial charge in [-0.1, -0.05) is 12.8 Å². The van der Waals surface area contributed by atoms with E-state index in [1.807, 2.05) is 6.07 Å². The van der Waals surface area contributed by atoms with Crippen LogP contribution < -0.4 is 0 Å². The van der Waals surface area contributed by atoms with Gasteiger partial charge in [0.1, 0.15) is 11.0 Å². The van der Waals surface area contributed by atoms with E-state index in [4.69, 9.17) is 5.26 Å². The fraction of sp³-hybridized carbons (Fsp3) is 0.500. The predicted octanol–water partition coefficient (Wildman–Crippen LogP) is 1.98. The first-order valence-corrected chi connectivity index (χ1v) is 7.22. The van der Waals surface area contributed by atoms with Crippen LogP contribution in [0.2, 0.25) is 0 Å². The van der Waals surface area contributed by atoms with Gasteiger partial charge in [0.2, 0.25) is 0 Å². The lowest BCUT2D eigenvalue weighted by Gasteiger charge is -2.11. The van der Waals surface area contributed by atoms with E-state index in [2.05, 4.69) is 4.98 Å². The molecule has 17 heavy (non-hydrogen) atoms. The first-order chi connectivity index (χ1) is 8.05. The summed E-state index contributed by atoms with van der Waals surface area (Å²) in [7, 11) is -3.38. The molecule has 0 bridgehead atoms. The van der Waals surface area contributed by atoms with Crippen molar-refractivity contribution >= 4 is 9.84 Å². The molecule has 0 atom stereocenters. The molecule has 5 heteroatoms. The number of aromatic nitrogens is 1. The summed E-state index contributed by atoms with van der Waals surface area (Å²) in [5, 5.41) is 8.64. The Morgan fingerprint density at radius 1 is 1.35 bits per heavy atom. The van der Waals surface area contributed by atoms with Crippen molar-refractivity contribution in [3.63, 3.8) is 0 Å². The highest BCUT2D eigenvalue weighted by atomic mass is 32.2. The minimum absolute atomic E-state index is 0.0249. The molecule has 2 rings (SSSR count). The van der Waals surface area contributed by atoms with Gasteiger partial charge in [-0.05, 0) is 31.9 Å². The van der Waals surface area contributed by atoms with E-state index < -0.39 is 9.84 Å². The summed E-state index contributed by atoms with van der Waals surface area (Å²) in [6.07, 6.45) is 3.29. The van der Waals surface area contributed by atoms with E-state index in [0.29, 0.717) is 18.5 Å². The van der Waals surface area contributed by atoms with Crippen LogP contribution in [0.5, 0.6) is 0 Å². The van der Waals surface area contributed by atoms with E-state index in [1.165, 1.54) is 6.07 Å². The first kappa shape index (κ1) is 12.1. The highest BCUT2D eigenvalue weighted by molar-refractivity contribution is 7.92. The molecule has 1 fully saturated rings. The van der Waals surface area contributed by atoms with Crippen LogP contribution in [0.1, 0.15) is 37.1 Å². The van der Waals surface area contributed by atoms with Gasteiger partial charge < -0.3 is 0 Å². The summed E-state index contributed by atoms with van der Waals surface area (Å²) in [6.45, 7) is 1.74. The molecular weight excluding hydrogens is 236 g/mol. The van der Waals surface area contributed by atoms with Gasteiger partial charge >= 0.3 is 0 Å². The summed E-state index contributed by atoms with van der Waals surface area (Å²) in [4.78, 5) is 4.08. The Balaban J connectivity index is 2.50. The van der Waals surface area contributed by atoms with Crippen molar-refractivity contribution in [2.75, 3.05) is 0 Å². The second kappa shape index (κ2) is 4.46. The first-order valence-electron chi connectivity index (χ1n) is 5.67. The summed E-state index contributed by atoms with van der Waals surface area (Å²) in [5.74, 6) is 0. The third-order valence-corrected chi connectivity index (χ3v) is 5.44. The smallest absolute Gasteiger partial charge is 0.184 e. The largest absolute Gasteiger partial charge is 0.241 e. The molecule has 0 aliphatic heterocycles. The van der Waals surface area contributed by atoms with Crippen molar-refractivity contribution in [2.24, 2.45) is 0 Å². The van der Waals surface area contributed by atoms with Gasteiger partial charge in [-0.25, -0.2) is 13.4 Å². The molecule has 1 aliphatic carbocycles. The Kier molecular flexibility index (Phi) is 3.16. The van der Waals surface area contributed by atoms with Crippen molar-refractivity contribution in [1.29, 1.82) is 5.26 Å². The standard InChI is InChI=1S/C12H14N2O2S/c1-9-6-7-12(11(8-13)14-9)17(15,16)10-4-2-3-5-10/h6-7,10H,2-5H2,1H3. The maximum absolute atomic E-state index is 12.3. The van der Waals surface area contributed by atoms with E-state index >= 15 is 0 Å². The number of pyridine rings is 1. The Morgan fingerprint density at radius 3 is 2.59 bits per heavy atom. The summed E-state index contributed by atoms with van der Waals surface area (Å²) >= 11 is 0. The molecule has 1 heterocycles. The molecule has 1 saturated carbocycles. The van der Waals surface area contributed by atoms with Crippen LogP contribution in [0, 0.1) is 18.3 Å². The second-order valence-electron chi connectivity index (χ2n) is 4.36. The van der Waals surface area contributed by atoms with Gasteiger partial charge in [-0.2, -0.15) is 5.26 Å². The number of nitriles is 1. The molecule has 1 aromatic rings. The number of aryl methyl sites for hydroxylation is 1. The summed E-state index contributed by atoms with van der Waals surface area (Å²) in [5.41, 5.74) is 0.684. The van der Waals surface area contributed by atoms with E-state index in [1.54, 1.807) is 13.0 Å². The lowest BCUT2D eigenvalue weighted by Crippen LogP contribution is -2.19. The Morgan fingerprint density at radius 2 is 2.00 bits per heavy atom. The van der Waals surface area contributed by atoms with Gasteiger partial charge in [0.25, 0.3) is 0 Å². The molecule has 0 aromatic carbocycles. The third-order valence-electron chi connectivity index (χ3n) is 3.15. The zero-order chi connectivity index (χ0) is 12.5. The molecular formula is C12H14N2O2S. The van der Waals surface area contributed by atoms with Gasteiger partial charge in [-0.15, -0.1) is 0 Å². The van der Waals surface area contributed by atoms with Crippen LogP contribution in [0.15, 0.2) is 17.0 Å². The van der Waals surface area contributed by atoms with E-state index in [9.17, 15) is 8.42 Å². The minimum Gasteiger partial charge on any atom is -0.241 e. The Bertz CT molecular complexity index is 567. The lowest BCUT2D eigenvalue weighted by atomic mass is 10.3. The molecule has 1 aliphatic rings. The average molecular weight is 250 g/mol. The van der Waals surface area contributed by atoms with Crippen LogP contribution in [-0.2, 0) is 9.84 Å². The maximum atomic E-state index is 12.3. The van der Waals surface area contributed by atoms with Crippen molar-refractivity contribution < 1.29 is 8.42 Å². The SMILES string of the molecule is Cc1ccc(S(=O)(=O)C2CCCC2)c(C#N)n1. The monoisotopic (exact) mass is 250 g/mol. The minimum atomic E-state index is -3.38. The highest BCUT2D eigenvalue weighted by Crippen LogP contribution is 2.30. The second-order valence-corrected chi connectivity index (χ2v) is 6.56. The van der Waals surface area contributed by atoms with Crippen molar-refractivity contribution in [1.82, 2.24) is 4.98 Å². The quantitative estimate of drug-likeness (QED) is 0.804. The fourth-order valence-corrected chi connectivity index (χ4v) is 4.16. The number of hydrogen-bond acceptors (Lipinski definition) is 4. The Hall–Kier alpha value is -1.41. The highest BCUT2D eigenvalue weighted by Gasteiger charge is 2.32. The van der Waals surface area contributed by atoms with Crippen LogP contribution in [0.4, 0.5) is 0 Å². The van der Waals surface area contributed by atoms with E-state index in [0.717, 1.165) is 12.8 Å². The van der Waals surface area contributed by atoms with Gasteiger partial charge in [0.05, 0.1) is 5.25 Å². The van der Waals surface area contributed by atoms with E-state index in [-0.39, 0.29) is 15.8 Å². The topological polar surface area (TPSA) is 70.8 Å². The predicted molar refractivity (Wildman–Crippen MR) is 63.1 cm³/mol. The average Bonchev–Trinajstić information content (AvgIpc) is 2.82. The molecule has 0 radical (unpaired) electrons. The molecule has 0 spiro atoms. The summed E-state index contributed by atoms with van der Waals surface area (Å²) in [6, 6.07) is 5.03. The fourth-order valence-electron chi connectivity index (χ4n) is 2.23. The number of hydrogen-bond donors (Lipinski definition) is 0. The van der Waals surface area contributed by atoms with Gasteiger partial charge in [0, 0.05) is 5.69 Å². The van der Waals surface area contributed by atoms with Crippen LogP contribution >= 0.6 is 0 Å². The molecule has 0 amide bonds. The molecule has 0 saturated heterocycles. The molecule has 1 aromatic heterocycles. The van der Waals surface area contributed by atoms with Gasteiger partial charge in [0.15, 0.2) is 15.5 Å². The van der Waals surface area contributed by atoms with Crippen molar-refractivity contribution in [3.8, 4) is 6.07 Å². The van der Waals surface area contributed by atoms with Gasteiger partial charge in [-0.3, -0.25) is 0 Å². The molecule has 4 nitrogen and oxygen atoms in total. The van der Waals surface area contributed by atoms with Crippen LogP contribution in [-0.4, -0.2) is 18.7 Å². The van der Waals surface area contributed by atoms with Crippen molar-refractivity contribution in [2.45, 2.75) is 42.8 Å². The Labute approximate surface area is 101 Å². The van der Waals surface area contributed by atoms with Crippen LogP contribution in [0.25, 0.3) is 0 Å². The maximum Gasteiger partial charge on any atom is 0.184 e. The number of nitrogens with zero attached hydrogens (tertiary/aromatic N) is 2. The number of rotatable bonds is 2. The molecule has 0 N–H and O–H groups in total. The zero-order valence-electron chi connectivity index (χ0n) is 9.68. The summed E-state index contributed by atoms with van der Waals surface area (Å²) < 4.78 is 24.7.